The number of carbonyl (C=O) groups is 2. The molecular weight excluding hydrogens is 838 g/mol. The highest BCUT2D eigenvalue weighted by atomic mass is 31.2. The Hall–Kier alpha value is -5.98. The van der Waals surface area contributed by atoms with Crippen molar-refractivity contribution in [2.24, 2.45) is 0 Å². The molecule has 1 fully saturated rings. The number of nitrogens with one attached hydrogen (secondary N) is 1. The van der Waals surface area contributed by atoms with Gasteiger partial charge in [0.15, 0.2) is 12.3 Å². The smallest absolute Gasteiger partial charge is 0.351 e. The van der Waals surface area contributed by atoms with Crippen molar-refractivity contribution in [3.8, 4) is 17.6 Å². The van der Waals surface area contributed by atoms with Crippen LogP contribution in [-0.2, 0) is 33.7 Å². The van der Waals surface area contributed by atoms with Gasteiger partial charge in [0.05, 0.1) is 39.9 Å². The molecule has 5 atom stereocenters. The summed E-state index contributed by atoms with van der Waals surface area (Å²) < 4.78 is 47.8. The van der Waals surface area contributed by atoms with Crippen LogP contribution in [0, 0.1) is 11.3 Å². The minimum Gasteiger partial charge on any atom is -0.497 e. The first-order chi connectivity index (χ1) is 30.9. The fourth-order valence-corrected chi connectivity index (χ4v) is 9.41. The molecule has 336 valence electrons. The summed E-state index contributed by atoms with van der Waals surface area (Å²) in [7, 11) is 1.25. The Bertz CT molecular complexity index is 2340. The molecule has 1 saturated heterocycles. The van der Waals surface area contributed by atoms with Crippen molar-refractivity contribution >= 4 is 26.2 Å². The Morgan fingerprint density at radius 3 is 1.92 bits per heavy atom. The second-order valence-electron chi connectivity index (χ2n) is 15.4. The molecule has 0 bridgehead atoms. The van der Waals surface area contributed by atoms with Crippen LogP contribution in [-0.4, -0.2) is 83.9 Å². The zero-order valence-electron chi connectivity index (χ0n) is 37.0. The summed E-state index contributed by atoms with van der Waals surface area (Å²) >= 11 is 0. The molecule has 0 aliphatic carbocycles. The minimum atomic E-state index is -1.94. The summed E-state index contributed by atoms with van der Waals surface area (Å²) in [5.74, 6) is 0.196. The molecule has 2 unspecified atom stereocenters. The lowest BCUT2D eigenvalue weighted by atomic mass is 9.80. The van der Waals surface area contributed by atoms with E-state index >= 15 is 0 Å². The van der Waals surface area contributed by atoms with Gasteiger partial charge in [-0.05, 0) is 86.8 Å². The first-order valence-electron chi connectivity index (χ1n) is 20.9. The van der Waals surface area contributed by atoms with Crippen LogP contribution in [0.2, 0.25) is 0 Å². The van der Waals surface area contributed by atoms with Crippen LogP contribution in [0.5, 0.6) is 11.5 Å². The van der Waals surface area contributed by atoms with Gasteiger partial charge in [0.25, 0.3) is 14.4 Å². The monoisotopic (exact) mass is 891 g/mol. The van der Waals surface area contributed by atoms with E-state index in [4.69, 9.17) is 32.7 Å². The van der Waals surface area contributed by atoms with Gasteiger partial charge >= 0.3 is 11.7 Å². The number of amides is 1. The summed E-state index contributed by atoms with van der Waals surface area (Å²) in [4.78, 5) is 44.2. The lowest BCUT2D eigenvalue weighted by molar-refractivity contribution is -0.155. The molecule has 6 rings (SSSR count). The molecular formula is C48H54N5O10P. The highest BCUT2D eigenvalue weighted by molar-refractivity contribution is 7.44. The maximum absolute atomic E-state index is 14.0. The number of methoxy groups -OCH3 is 2. The van der Waals surface area contributed by atoms with E-state index in [-0.39, 0.29) is 37.5 Å². The Labute approximate surface area is 374 Å². The molecule has 5 aromatic rings. The number of ether oxygens (including phenoxy) is 5. The Morgan fingerprint density at radius 2 is 1.41 bits per heavy atom. The number of carbonyl (C=O) groups excluding carboxylic acids is 2. The van der Waals surface area contributed by atoms with Crippen molar-refractivity contribution in [3.05, 3.63) is 154 Å². The largest absolute Gasteiger partial charge is 0.497 e. The molecule has 2 heterocycles. The highest BCUT2D eigenvalue weighted by Gasteiger charge is 2.52. The van der Waals surface area contributed by atoms with E-state index in [9.17, 15) is 19.6 Å². The summed E-state index contributed by atoms with van der Waals surface area (Å²) in [5, 5.41) is 12.1. The SMILES string of the molecule is COc1ccc(C(OC[C@H]2O[C@@H](n3ccc(NC(=O)c4ccccc4)nc3=O)C(OC(C)=O)[C@H]2OP(OCCC#N)N(C(C)C)C(C)C)(c2ccccc2)c2ccc(OC)cc2)cc1. The average molecular weight is 892 g/mol. The van der Waals surface area contributed by atoms with Crippen molar-refractivity contribution in [2.45, 2.75) is 83.3 Å². The number of nitrogens with zero attached hydrogens (tertiary/aromatic N) is 4. The number of nitriles is 1. The van der Waals surface area contributed by atoms with E-state index in [0.29, 0.717) is 17.1 Å². The van der Waals surface area contributed by atoms with Crippen LogP contribution in [0.15, 0.2) is 126 Å². The molecule has 0 spiro atoms. The number of hydrogen-bond donors (Lipinski definition) is 1. The van der Waals surface area contributed by atoms with Crippen LogP contribution in [0.4, 0.5) is 5.82 Å². The van der Waals surface area contributed by atoms with Crippen LogP contribution >= 0.6 is 8.53 Å². The summed E-state index contributed by atoms with van der Waals surface area (Å²) in [6.45, 7) is 9.18. The van der Waals surface area contributed by atoms with Gasteiger partial charge in [0, 0.05) is 30.8 Å². The predicted octanol–water partition coefficient (Wildman–Crippen LogP) is 8.01. The van der Waals surface area contributed by atoms with Crippen molar-refractivity contribution < 1.29 is 42.3 Å². The lowest BCUT2D eigenvalue weighted by Gasteiger charge is -2.39. The van der Waals surface area contributed by atoms with Crippen molar-refractivity contribution in [2.75, 3.05) is 32.8 Å². The van der Waals surface area contributed by atoms with E-state index in [0.717, 1.165) is 16.7 Å². The van der Waals surface area contributed by atoms with E-state index in [1.54, 1.807) is 44.6 Å². The van der Waals surface area contributed by atoms with Gasteiger partial charge in [-0.1, -0.05) is 72.8 Å². The zero-order valence-corrected chi connectivity index (χ0v) is 37.8. The number of aromatic nitrogens is 2. The van der Waals surface area contributed by atoms with Crippen LogP contribution < -0.4 is 20.5 Å². The summed E-state index contributed by atoms with van der Waals surface area (Å²) in [6.07, 6.45) is -3.13. The van der Waals surface area contributed by atoms with Gasteiger partial charge in [-0.2, -0.15) is 10.2 Å². The van der Waals surface area contributed by atoms with Crippen molar-refractivity contribution in [1.82, 2.24) is 14.2 Å². The molecule has 4 aromatic carbocycles. The van der Waals surface area contributed by atoms with Crippen LogP contribution in [0.3, 0.4) is 0 Å². The molecule has 16 heteroatoms. The topological polar surface area (TPSA) is 173 Å². The maximum atomic E-state index is 14.0. The maximum Gasteiger partial charge on any atom is 0.351 e. The first-order valence-corrected chi connectivity index (χ1v) is 22.0. The number of esters is 1. The molecule has 1 N–H and O–H groups in total. The third-order valence-corrected chi connectivity index (χ3v) is 12.6. The van der Waals surface area contributed by atoms with E-state index < -0.39 is 56.2 Å². The van der Waals surface area contributed by atoms with Crippen molar-refractivity contribution in [1.29, 1.82) is 5.26 Å². The summed E-state index contributed by atoms with van der Waals surface area (Å²) in [6, 6.07) is 36.8. The molecule has 1 aliphatic heterocycles. The molecule has 1 amide bonds. The van der Waals surface area contributed by atoms with Gasteiger partial charge in [-0.25, -0.2) is 9.46 Å². The Kier molecular flexibility index (Phi) is 16.4. The third-order valence-electron chi connectivity index (χ3n) is 10.5. The molecule has 1 aliphatic rings. The van der Waals surface area contributed by atoms with E-state index in [1.165, 1.54) is 23.8 Å². The van der Waals surface area contributed by atoms with Gasteiger partial charge < -0.3 is 38.0 Å². The fraction of sp³-hybridized carbons (Fsp3) is 0.354. The van der Waals surface area contributed by atoms with Crippen LogP contribution in [0.1, 0.15) is 74.3 Å². The molecule has 1 aromatic heterocycles. The molecule has 0 saturated carbocycles. The lowest BCUT2D eigenvalue weighted by Crippen LogP contribution is -2.43. The van der Waals surface area contributed by atoms with Crippen molar-refractivity contribution in [3.63, 3.8) is 0 Å². The first kappa shape index (κ1) is 47.5. The number of rotatable bonds is 20. The zero-order chi connectivity index (χ0) is 45.8. The van der Waals surface area contributed by atoms with Gasteiger partial charge in [-0.15, -0.1) is 0 Å². The van der Waals surface area contributed by atoms with E-state index in [1.807, 2.05) is 111 Å². The minimum absolute atomic E-state index is 0.00960. The standard InChI is InChI=1S/C48H54N5O10P/c1-32(2)53(33(3)4)64(60-30-14-28-49)63-43-41(62-46(44(43)61-34(5)54)52-29-27-42(51-47(52)56)50-45(55)35-15-10-8-11-16-35)31-59-48(36-17-12-9-13-18-36,37-19-23-39(57-6)24-20-37)38-21-25-40(58-7)26-22-38/h8-13,15-27,29,32-33,41,43-44,46H,14,30-31H2,1-7H3,(H,50,51,55,56)/t41-,43+,44?,46-,64?/m1/s1. The molecule has 0 radical (unpaired) electrons. The van der Waals surface area contributed by atoms with E-state index in [2.05, 4.69) is 16.4 Å². The molecule has 64 heavy (non-hydrogen) atoms. The predicted molar refractivity (Wildman–Crippen MR) is 241 cm³/mol. The number of benzene rings is 4. The number of hydrogen-bond acceptors (Lipinski definition) is 13. The van der Waals surface area contributed by atoms with Gasteiger partial charge in [-0.3, -0.25) is 14.2 Å². The van der Waals surface area contributed by atoms with Crippen LogP contribution in [0.25, 0.3) is 0 Å². The second-order valence-corrected chi connectivity index (χ2v) is 16.8. The fourth-order valence-electron chi connectivity index (χ4n) is 7.64. The highest BCUT2D eigenvalue weighted by Crippen LogP contribution is 2.51. The third kappa shape index (κ3) is 11.0. The van der Waals surface area contributed by atoms with Gasteiger partial charge in [0.2, 0.25) is 0 Å². The quantitative estimate of drug-likeness (QED) is 0.0345. The number of anilines is 1. The van der Waals surface area contributed by atoms with Gasteiger partial charge in [0.1, 0.15) is 35.1 Å². The summed E-state index contributed by atoms with van der Waals surface area (Å²) in [5.41, 5.74) is 0.614. The average Bonchev–Trinajstić information content (AvgIpc) is 3.62. The Balaban J connectivity index is 1.47. The normalized spacial score (nSPS) is 17.8. The second kappa shape index (κ2) is 22.1. The Morgan fingerprint density at radius 1 is 0.844 bits per heavy atom. The molecule has 15 nitrogen and oxygen atoms in total.